The molecule has 1 aliphatic carbocycles. The van der Waals surface area contributed by atoms with Crippen molar-refractivity contribution in [2.45, 2.75) is 24.7 Å². The Morgan fingerprint density at radius 3 is 2.67 bits per heavy atom. The Hall–Kier alpha value is -2.51. The smallest absolute Gasteiger partial charge is 0.223 e. The van der Waals surface area contributed by atoms with E-state index in [-0.39, 0.29) is 29.1 Å². The topological polar surface area (TPSA) is 137 Å². The van der Waals surface area contributed by atoms with Crippen LogP contribution in [0.25, 0.3) is 0 Å². The fourth-order valence-electron chi connectivity index (χ4n) is 2.87. The lowest BCUT2D eigenvalue weighted by Crippen LogP contribution is -2.35. The first-order valence-corrected chi connectivity index (χ1v) is 8.47. The molecule has 142 valence electrons. The van der Waals surface area contributed by atoms with Gasteiger partial charge in [0.15, 0.2) is 5.15 Å². The van der Waals surface area contributed by atoms with Gasteiger partial charge in [0.1, 0.15) is 17.5 Å². The molecule has 2 heterocycles. The number of pyridine rings is 1. The number of hydrogen-bond donors (Lipinski definition) is 5. The monoisotopic (exact) mass is 393 g/mol. The van der Waals surface area contributed by atoms with E-state index in [1.165, 1.54) is 18.3 Å². The first-order chi connectivity index (χ1) is 12.9. The molecule has 8 nitrogen and oxygen atoms in total. The second-order valence-corrected chi connectivity index (χ2v) is 6.48. The van der Waals surface area contributed by atoms with E-state index in [0.29, 0.717) is 12.0 Å². The molecular formula is C17H17ClFN5O3. The van der Waals surface area contributed by atoms with Gasteiger partial charge >= 0.3 is 0 Å². The van der Waals surface area contributed by atoms with Crippen molar-refractivity contribution < 1.29 is 19.7 Å². The summed E-state index contributed by atoms with van der Waals surface area (Å²) < 4.78 is 12.9. The normalized spacial score (nSPS) is 24.3. The molecule has 2 aromatic heterocycles. The predicted octanol–water partition coefficient (Wildman–Crippen LogP) is 0.161. The molecule has 1 saturated carbocycles. The molecule has 10 heteroatoms. The number of nitrogens with two attached hydrogens (primary N) is 1. The van der Waals surface area contributed by atoms with Crippen LogP contribution < -0.4 is 11.1 Å². The molecule has 0 spiro atoms. The number of aliphatic hydroxyl groups excluding tert-OH is 3. The quantitative estimate of drug-likeness (QED) is 0.282. The molecule has 2 aromatic rings. The summed E-state index contributed by atoms with van der Waals surface area (Å²) in [6.07, 6.45) is -0.597. The Bertz CT molecular complexity index is 887. The SMILES string of the molecule is Nc1nc(Cl)c(C#Cc2ccc(F)nc2)c(NC2CC(CO)C(O)C2O)n1. The summed E-state index contributed by atoms with van der Waals surface area (Å²) in [5, 5.41) is 32.4. The first-order valence-electron chi connectivity index (χ1n) is 8.09. The van der Waals surface area contributed by atoms with Gasteiger partial charge < -0.3 is 26.4 Å². The minimum Gasteiger partial charge on any atom is -0.396 e. The number of hydrogen-bond acceptors (Lipinski definition) is 8. The number of anilines is 2. The third kappa shape index (κ3) is 4.26. The van der Waals surface area contributed by atoms with Gasteiger partial charge in [-0.3, -0.25) is 0 Å². The molecule has 0 bridgehead atoms. The van der Waals surface area contributed by atoms with Crippen LogP contribution >= 0.6 is 11.6 Å². The van der Waals surface area contributed by atoms with Gasteiger partial charge in [0.05, 0.1) is 12.1 Å². The van der Waals surface area contributed by atoms with Crippen LogP contribution in [0.15, 0.2) is 18.3 Å². The number of nitrogens with zero attached hydrogens (tertiary/aromatic N) is 3. The number of nitrogens with one attached hydrogen (secondary N) is 1. The van der Waals surface area contributed by atoms with E-state index in [1.807, 2.05) is 0 Å². The Morgan fingerprint density at radius 2 is 2.04 bits per heavy atom. The Labute approximate surface area is 159 Å². The van der Waals surface area contributed by atoms with Crippen LogP contribution in [-0.4, -0.2) is 55.1 Å². The van der Waals surface area contributed by atoms with Crippen LogP contribution in [0.4, 0.5) is 16.2 Å². The van der Waals surface area contributed by atoms with Gasteiger partial charge in [-0.05, 0) is 18.6 Å². The molecule has 0 saturated heterocycles. The number of nitrogen functional groups attached to an aromatic ring is 1. The minimum atomic E-state index is -1.11. The van der Waals surface area contributed by atoms with Crippen LogP contribution in [0.2, 0.25) is 5.15 Å². The lowest BCUT2D eigenvalue weighted by molar-refractivity contribution is 0.00445. The summed E-state index contributed by atoms with van der Waals surface area (Å²) in [6, 6.07) is 2.04. The lowest BCUT2D eigenvalue weighted by Gasteiger charge is -2.19. The molecule has 1 fully saturated rings. The Balaban J connectivity index is 1.91. The van der Waals surface area contributed by atoms with Gasteiger partial charge in [-0.15, -0.1) is 0 Å². The summed E-state index contributed by atoms with van der Waals surface area (Å²) >= 11 is 6.13. The Morgan fingerprint density at radius 1 is 1.26 bits per heavy atom. The van der Waals surface area contributed by atoms with Crippen LogP contribution in [0.3, 0.4) is 0 Å². The molecule has 0 radical (unpaired) electrons. The summed E-state index contributed by atoms with van der Waals surface area (Å²) in [5.41, 5.74) is 6.32. The highest BCUT2D eigenvalue weighted by Crippen LogP contribution is 2.30. The Kier molecular flexibility index (Phi) is 5.72. The fourth-order valence-corrected chi connectivity index (χ4v) is 3.10. The van der Waals surface area contributed by atoms with Gasteiger partial charge in [0, 0.05) is 24.3 Å². The van der Waals surface area contributed by atoms with Gasteiger partial charge in [0.2, 0.25) is 11.9 Å². The third-order valence-corrected chi connectivity index (χ3v) is 4.57. The van der Waals surface area contributed by atoms with E-state index in [1.54, 1.807) is 0 Å². The molecule has 0 aliphatic heterocycles. The molecule has 4 atom stereocenters. The van der Waals surface area contributed by atoms with E-state index in [2.05, 4.69) is 32.1 Å². The van der Waals surface area contributed by atoms with Gasteiger partial charge in [-0.25, -0.2) is 4.98 Å². The van der Waals surface area contributed by atoms with E-state index in [9.17, 15) is 19.7 Å². The predicted molar refractivity (Wildman–Crippen MR) is 96.2 cm³/mol. The van der Waals surface area contributed by atoms with Crippen molar-refractivity contribution in [2.75, 3.05) is 17.7 Å². The second kappa shape index (κ2) is 8.02. The van der Waals surface area contributed by atoms with Gasteiger partial charge in [-0.1, -0.05) is 23.4 Å². The zero-order chi connectivity index (χ0) is 19.6. The van der Waals surface area contributed by atoms with Crippen molar-refractivity contribution in [1.82, 2.24) is 15.0 Å². The summed E-state index contributed by atoms with van der Waals surface area (Å²) in [5.74, 6) is 4.57. The van der Waals surface area contributed by atoms with Crippen molar-refractivity contribution in [3.63, 3.8) is 0 Å². The molecule has 6 N–H and O–H groups in total. The maximum Gasteiger partial charge on any atom is 0.223 e. The maximum absolute atomic E-state index is 12.9. The summed E-state index contributed by atoms with van der Waals surface area (Å²) in [4.78, 5) is 11.5. The zero-order valence-corrected chi connectivity index (χ0v) is 14.7. The highest BCUT2D eigenvalue weighted by molar-refractivity contribution is 6.31. The van der Waals surface area contributed by atoms with Crippen molar-refractivity contribution in [1.29, 1.82) is 0 Å². The number of halogens is 2. The average molecular weight is 394 g/mol. The second-order valence-electron chi connectivity index (χ2n) is 6.13. The van der Waals surface area contributed by atoms with Gasteiger partial charge in [0.25, 0.3) is 0 Å². The maximum atomic E-state index is 12.9. The van der Waals surface area contributed by atoms with E-state index >= 15 is 0 Å². The van der Waals surface area contributed by atoms with E-state index in [4.69, 9.17) is 17.3 Å². The van der Waals surface area contributed by atoms with Crippen molar-refractivity contribution in [3.8, 4) is 11.8 Å². The number of rotatable bonds is 3. The first kappa shape index (κ1) is 19.3. The van der Waals surface area contributed by atoms with Crippen molar-refractivity contribution in [2.24, 2.45) is 5.92 Å². The standard InChI is InChI=1S/C17H17ClFN5O3/c18-15-10(3-1-8-2-4-12(19)21-6-8)16(24-17(20)23-15)22-11-5-9(7-25)13(26)14(11)27/h2,4,6,9,11,13-14,25-27H,5,7H2,(H3,20,22,23,24). The number of aliphatic hydroxyl groups is 3. The molecule has 3 rings (SSSR count). The van der Waals surface area contributed by atoms with Crippen LogP contribution in [0.5, 0.6) is 0 Å². The number of aromatic nitrogens is 3. The van der Waals surface area contributed by atoms with Crippen molar-refractivity contribution >= 4 is 23.4 Å². The van der Waals surface area contributed by atoms with Gasteiger partial charge in [-0.2, -0.15) is 14.4 Å². The van der Waals surface area contributed by atoms with Crippen molar-refractivity contribution in [3.05, 3.63) is 40.6 Å². The van der Waals surface area contributed by atoms with Crippen LogP contribution in [-0.2, 0) is 0 Å². The largest absolute Gasteiger partial charge is 0.396 e. The van der Waals surface area contributed by atoms with Crippen LogP contribution in [0, 0.1) is 23.7 Å². The fraction of sp³-hybridized carbons (Fsp3) is 0.353. The zero-order valence-electron chi connectivity index (χ0n) is 14.0. The molecule has 0 aromatic carbocycles. The summed E-state index contributed by atoms with van der Waals surface area (Å²) in [7, 11) is 0. The molecule has 4 unspecified atom stereocenters. The minimum absolute atomic E-state index is 0.000635. The summed E-state index contributed by atoms with van der Waals surface area (Å²) in [6.45, 7) is -0.257. The molecular weight excluding hydrogens is 377 g/mol. The van der Waals surface area contributed by atoms with E-state index < -0.39 is 30.1 Å². The molecule has 1 aliphatic rings. The molecule has 27 heavy (non-hydrogen) atoms. The highest BCUT2D eigenvalue weighted by atomic mass is 35.5. The average Bonchev–Trinajstić information content (AvgIpc) is 2.90. The lowest BCUT2D eigenvalue weighted by atomic mass is 10.1. The third-order valence-electron chi connectivity index (χ3n) is 4.30. The van der Waals surface area contributed by atoms with E-state index in [0.717, 1.165) is 0 Å². The highest BCUT2D eigenvalue weighted by Gasteiger charge is 2.41. The van der Waals surface area contributed by atoms with Crippen LogP contribution in [0.1, 0.15) is 17.5 Å². The molecule has 0 amide bonds.